The average Bonchev–Trinajstić information content (AvgIpc) is 3.44. The second kappa shape index (κ2) is 8.32. The summed E-state index contributed by atoms with van der Waals surface area (Å²) >= 11 is 0. The number of hydrogen-bond acceptors (Lipinski definition) is 5. The summed E-state index contributed by atoms with van der Waals surface area (Å²) in [6, 6.07) is 12.3. The molecule has 7 heteroatoms. The fraction of sp³-hybridized carbons (Fsp3) is 0.417. The van der Waals surface area contributed by atoms with Crippen LogP contribution in [0.1, 0.15) is 19.3 Å². The first kappa shape index (κ1) is 20.0. The molecule has 1 aromatic heterocycles. The molecule has 0 bridgehead atoms. The summed E-state index contributed by atoms with van der Waals surface area (Å²) in [6.45, 7) is 3.50. The molecule has 2 aliphatic rings. The van der Waals surface area contributed by atoms with Crippen LogP contribution in [0.25, 0.3) is 21.9 Å². The number of carbonyl (C=O) groups is 1. The maximum atomic E-state index is 11.6. The van der Waals surface area contributed by atoms with Crippen LogP contribution < -0.4 is 10.1 Å². The molecule has 1 spiro atoms. The molecule has 0 aliphatic carbocycles. The Labute approximate surface area is 181 Å². The van der Waals surface area contributed by atoms with Crippen LogP contribution in [0.2, 0.25) is 0 Å². The van der Waals surface area contributed by atoms with Gasteiger partial charge in [0.15, 0.2) is 0 Å². The summed E-state index contributed by atoms with van der Waals surface area (Å²) in [5.74, 6) is 0.936. The van der Waals surface area contributed by atoms with Crippen molar-refractivity contribution in [3.05, 3.63) is 48.8 Å². The molecule has 1 amide bonds. The number of aromatic amines is 1. The van der Waals surface area contributed by atoms with Crippen molar-refractivity contribution in [2.45, 2.75) is 25.4 Å². The smallest absolute Gasteiger partial charge is 0.220 e. The Morgan fingerprint density at radius 2 is 1.94 bits per heavy atom. The predicted octanol–water partition coefficient (Wildman–Crippen LogP) is 2.57. The van der Waals surface area contributed by atoms with E-state index in [9.17, 15) is 9.90 Å². The molecule has 2 fully saturated rings. The lowest BCUT2D eigenvalue weighted by molar-refractivity contribution is -0.119. The van der Waals surface area contributed by atoms with Crippen molar-refractivity contribution in [3.63, 3.8) is 0 Å². The number of carbonyl (C=O) groups excluding carboxylic acids is 1. The van der Waals surface area contributed by atoms with Crippen LogP contribution in [0.15, 0.2) is 48.8 Å². The molecule has 5 rings (SSSR count). The summed E-state index contributed by atoms with van der Waals surface area (Å²) in [4.78, 5) is 13.8. The monoisotopic (exact) mass is 420 g/mol. The standard InChI is InChI=1S/C24H28N4O3/c29-21(14-28-7-5-24(6-8-28)11-23(30)25-16-24)15-31-22-4-3-17-9-18(1-2-19(17)10-22)20-12-26-27-13-20/h1-4,9-10,12-13,21,29H,5-8,11,14-16H2,(H,25,30)(H,26,27). The number of aliphatic hydroxyl groups excluding tert-OH is 1. The van der Waals surface area contributed by atoms with Gasteiger partial charge >= 0.3 is 0 Å². The summed E-state index contributed by atoms with van der Waals surface area (Å²) in [5.41, 5.74) is 2.31. The Morgan fingerprint density at radius 1 is 1.13 bits per heavy atom. The number of aliphatic hydroxyl groups is 1. The number of fused-ring (bicyclic) bond motifs is 1. The predicted molar refractivity (Wildman–Crippen MR) is 119 cm³/mol. The fourth-order valence-corrected chi connectivity index (χ4v) is 4.76. The third kappa shape index (κ3) is 4.43. The lowest BCUT2D eigenvalue weighted by Gasteiger charge is -2.38. The van der Waals surface area contributed by atoms with Gasteiger partial charge in [0.2, 0.25) is 5.91 Å². The van der Waals surface area contributed by atoms with Crippen molar-refractivity contribution in [1.82, 2.24) is 20.4 Å². The summed E-state index contributed by atoms with van der Waals surface area (Å²) in [5, 5.41) is 22.5. The number of ether oxygens (including phenoxy) is 1. The van der Waals surface area contributed by atoms with E-state index in [4.69, 9.17) is 4.74 Å². The molecule has 3 aromatic rings. The Balaban J connectivity index is 1.13. The van der Waals surface area contributed by atoms with E-state index in [-0.39, 0.29) is 17.9 Å². The minimum Gasteiger partial charge on any atom is -0.491 e. The van der Waals surface area contributed by atoms with Crippen LogP contribution in [0.3, 0.4) is 0 Å². The van der Waals surface area contributed by atoms with Gasteiger partial charge in [-0.25, -0.2) is 0 Å². The van der Waals surface area contributed by atoms with Crippen molar-refractivity contribution in [3.8, 4) is 16.9 Å². The molecule has 3 N–H and O–H groups in total. The molecule has 0 radical (unpaired) electrons. The molecular weight excluding hydrogens is 392 g/mol. The molecule has 2 aliphatic heterocycles. The number of β-amino-alcohol motifs (C(OH)–C–C–N with tert-alkyl or cyclic N) is 1. The van der Waals surface area contributed by atoms with Gasteiger partial charge in [0.05, 0.1) is 6.20 Å². The minimum absolute atomic E-state index is 0.137. The Kier molecular flexibility index (Phi) is 5.38. The van der Waals surface area contributed by atoms with Gasteiger partial charge in [-0.15, -0.1) is 0 Å². The van der Waals surface area contributed by atoms with Crippen LogP contribution in [0, 0.1) is 5.41 Å². The van der Waals surface area contributed by atoms with E-state index < -0.39 is 6.10 Å². The third-order valence-electron chi connectivity index (χ3n) is 6.67. The molecule has 162 valence electrons. The van der Waals surface area contributed by atoms with E-state index in [2.05, 4.69) is 38.6 Å². The van der Waals surface area contributed by atoms with E-state index in [1.807, 2.05) is 30.6 Å². The van der Waals surface area contributed by atoms with Gasteiger partial charge in [-0.3, -0.25) is 9.89 Å². The largest absolute Gasteiger partial charge is 0.491 e. The number of nitrogens with one attached hydrogen (secondary N) is 2. The zero-order valence-electron chi connectivity index (χ0n) is 17.5. The highest BCUT2D eigenvalue weighted by Crippen LogP contribution is 2.37. The Hall–Kier alpha value is -2.90. The van der Waals surface area contributed by atoms with E-state index >= 15 is 0 Å². The van der Waals surface area contributed by atoms with Crippen LogP contribution in [0.4, 0.5) is 0 Å². The maximum absolute atomic E-state index is 11.6. The topological polar surface area (TPSA) is 90.5 Å². The van der Waals surface area contributed by atoms with E-state index in [1.165, 1.54) is 0 Å². The molecular formula is C24H28N4O3. The second-order valence-corrected chi connectivity index (χ2v) is 8.93. The number of amides is 1. The first-order chi connectivity index (χ1) is 15.1. The highest BCUT2D eigenvalue weighted by Gasteiger charge is 2.40. The molecule has 1 atom stereocenters. The van der Waals surface area contributed by atoms with Gasteiger partial charge in [0.1, 0.15) is 18.5 Å². The van der Waals surface area contributed by atoms with Crippen LogP contribution in [0.5, 0.6) is 5.75 Å². The lowest BCUT2D eigenvalue weighted by atomic mass is 9.77. The first-order valence-electron chi connectivity index (χ1n) is 10.9. The van der Waals surface area contributed by atoms with Crippen LogP contribution in [-0.2, 0) is 4.79 Å². The fourth-order valence-electron chi connectivity index (χ4n) is 4.76. The highest BCUT2D eigenvalue weighted by atomic mass is 16.5. The van der Waals surface area contributed by atoms with Crippen LogP contribution in [-0.4, -0.2) is 65.0 Å². The lowest BCUT2D eigenvalue weighted by Crippen LogP contribution is -2.45. The number of H-pyrrole nitrogens is 1. The van der Waals surface area contributed by atoms with Gasteiger partial charge in [-0.2, -0.15) is 5.10 Å². The SMILES string of the molecule is O=C1CC2(CCN(CC(O)COc3ccc4cc(-c5cn[nH]c5)ccc4c3)CC2)CN1. The number of benzene rings is 2. The van der Waals surface area contributed by atoms with Gasteiger partial charge < -0.3 is 20.1 Å². The van der Waals surface area contributed by atoms with Crippen molar-refractivity contribution in [2.24, 2.45) is 5.41 Å². The molecule has 1 unspecified atom stereocenters. The van der Waals surface area contributed by atoms with Crippen molar-refractivity contribution in [2.75, 3.05) is 32.8 Å². The second-order valence-electron chi connectivity index (χ2n) is 8.93. The molecule has 31 heavy (non-hydrogen) atoms. The van der Waals surface area contributed by atoms with Crippen molar-refractivity contribution < 1.29 is 14.6 Å². The van der Waals surface area contributed by atoms with E-state index in [0.29, 0.717) is 13.0 Å². The summed E-state index contributed by atoms with van der Waals surface area (Å²) in [7, 11) is 0. The number of piperidine rings is 1. The average molecular weight is 421 g/mol. The highest BCUT2D eigenvalue weighted by molar-refractivity contribution is 5.88. The maximum Gasteiger partial charge on any atom is 0.220 e. The Morgan fingerprint density at radius 3 is 2.68 bits per heavy atom. The van der Waals surface area contributed by atoms with Crippen molar-refractivity contribution in [1.29, 1.82) is 0 Å². The van der Waals surface area contributed by atoms with Crippen LogP contribution >= 0.6 is 0 Å². The van der Waals surface area contributed by atoms with Gasteiger partial charge in [-0.1, -0.05) is 18.2 Å². The molecule has 3 heterocycles. The number of likely N-dealkylation sites (tertiary alicyclic amines) is 1. The van der Waals surface area contributed by atoms with Gasteiger partial charge in [0.25, 0.3) is 0 Å². The van der Waals surface area contributed by atoms with E-state index in [1.54, 1.807) is 0 Å². The van der Waals surface area contributed by atoms with Gasteiger partial charge in [0, 0.05) is 31.3 Å². The molecule has 2 aromatic carbocycles. The molecule has 7 nitrogen and oxygen atoms in total. The van der Waals surface area contributed by atoms with Gasteiger partial charge in [-0.05, 0) is 65.9 Å². The van der Waals surface area contributed by atoms with Crippen molar-refractivity contribution >= 4 is 16.7 Å². The summed E-state index contributed by atoms with van der Waals surface area (Å²) in [6.07, 6.45) is 5.81. The number of rotatable bonds is 6. The number of nitrogens with zero attached hydrogens (tertiary/aromatic N) is 2. The first-order valence-corrected chi connectivity index (χ1v) is 10.9. The third-order valence-corrected chi connectivity index (χ3v) is 6.67. The Bertz CT molecular complexity index is 1060. The van der Waals surface area contributed by atoms with E-state index in [0.717, 1.165) is 60.1 Å². The quantitative estimate of drug-likeness (QED) is 0.570. The minimum atomic E-state index is -0.545. The zero-order valence-corrected chi connectivity index (χ0v) is 17.5. The normalized spacial score (nSPS) is 19.6. The zero-order chi connectivity index (χ0) is 21.3. The molecule has 0 saturated carbocycles. The number of hydrogen-bond donors (Lipinski definition) is 3. The summed E-state index contributed by atoms with van der Waals surface area (Å²) < 4.78 is 5.88. The molecule has 2 saturated heterocycles. The number of aromatic nitrogens is 2.